The van der Waals surface area contributed by atoms with Crippen molar-refractivity contribution in [3.8, 4) is 11.6 Å². The molecule has 2 aliphatic heterocycles. The Balaban J connectivity index is 1.18. The molecule has 13 nitrogen and oxygen atoms in total. The van der Waals surface area contributed by atoms with Gasteiger partial charge in [-0.05, 0) is 83.3 Å². The summed E-state index contributed by atoms with van der Waals surface area (Å²) in [7, 11) is 6.28. The van der Waals surface area contributed by atoms with Crippen molar-refractivity contribution in [1.29, 1.82) is 0 Å². The fourth-order valence-corrected chi connectivity index (χ4v) is 6.03. The maximum absolute atomic E-state index is 13.2. The number of amides is 1. The fraction of sp³-hybridized carbons (Fsp3) is 0.333. The third-order valence-corrected chi connectivity index (χ3v) is 8.79. The second kappa shape index (κ2) is 12.3. The second-order valence-corrected chi connectivity index (χ2v) is 12.1. The van der Waals surface area contributed by atoms with E-state index < -0.39 is 0 Å². The summed E-state index contributed by atoms with van der Waals surface area (Å²) in [5.41, 5.74) is 4.83. The Hall–Kier alpha value is -5.14. The van der Waals surface area contributed by atoms with Crippen molar-refractivity contribution in [2.24, 2.45) is 0 Å². The van der Waals surface area contributed by atoms with Crippen LogP contribution < -0.4 is 20.3 Å². The van der Waals surface area contributed by atoms with Gasteiger partial charge >= 0.3 is 0 Å². The predicted molar refractivity (Wildman–Crippen MR) is 178 cm³/mol. The summed E-state index contributed by atoms with van der Waals surface area (Å²) in [6.45, 7) is 4.68. The molecule has 236 valence electrons. The number of likely N-dealkylation sites (tertiary alicyclic amines) is 1. The molecule has 46 heavy (non-hydrogen) atoms. The first-order chi connectivity index (χ1) is 22.3. The molecule has 2 saturated heterocycles. The molecule has 5 aromatic rings. The molecule has 0 aliphatic carbocycles. The van der Waals surface area contributed by atoms with Gasteiger partial charge in [0.05, 0.1) is 22.3 Å². The van der Waals surface area contributed by atoms with Crippen molar-refractivity contribution in [3.63, 3.8) is 0 Å². The zero-order chi connectivity index (χ0) is 31.8. The first-order valence-corrected chi connectivity index (χ1v) is 15.4. The zero-order valence-electron chi connectivity index (χ0n) is 26.4. The van der Waals surface area contributed by atoms with Gasteiger partial charge in [-0.25, -0.2) is 24.5 Å². The molecule has 5 heterocycles. The number of benzene rings is 2. The summed E-state index contributed by atoms with van der Waals surface area (Å²) in [6.07, 6.45) is 10.5. The summed E-state index contributed by atoms with van der Waals surface area (Å²) in [5.74, 6) is 1.61. The summed E-state index contributed by atoms with van der Waals surface area (Å²) < 4.78 is 7.65. The normalized spacial score (nSPS) is 17.3. The molecule has 0 bridgehead atoms. The molecule has 0 spiro atoms. The van der Waals surface area contributed by atoms with E-state index in [2.05, 4.69) is 71.5 Å². The number of hydrogen-bond donors (Lipinski definition) is 2. The van der Waals surface area contributed by atoms with Gasteiger partial charge in [-0.2, -0.15) is 5.10 Å². The van der Waals surface area contributed by atoms with E-state index in [0.717, 1.165) is 66.0 Å². The number of anilines is 4. The molecule has 3 aromatic heterocycles. The van der Waals surface area contributed by atoms with Crippen LogP contribution in [-0.2, 0) is 4.79 Å². The standard InChI is InChI=1S/C33H37N11O2/c1-21-14-22(7-11-27(21)46-30-15-28-35-19-38-44(28)20-37-30)39-33-31-25(34-18-36-33)9-10-26(32(31)43-16-24(17-43)41(2)3)40-29(45)12-8-23-6-5-13-42(23)4/h7-12,14-15,18-20,23-24H,5-6,13,16-17H2,1-4H3,(H,40,45)(H,34,36,39)/b12-8+/t23-/m1/s1. The van der Waals surface area contributed by atoms with Crippen LogP contribution in [0.2, 0.25) is 0 Å². The number of carbonyl (C=O) groups excluding carboxylic acids is 1. The lowest BCUT2D eigenvalue weighted by Crippen LogP contribution is -2.57. The molecule has 2 aliphatic rings. The molecule has 0 unspecified atom stereocenters. The number of likely N-dealkylation sites (N-methyl/N-ethyl adjacent to an activating group) is 2. The SMILES string of the molecule is Cc1cc(Nc2ncnc3ccc(NC(=O)/C=C/[C@H]4CCCN4C)c(N4CC(N(C)C)C4)c23)ccc1Oc1cc2ncnn2cn1. The Labute approximate surface area is 266 Å². The van der Waals surface area contributed by atoms with E-state index in [1.165, 1.54) is 6.33 Å². The molecule has 0 radical (unpaired) electrons. The Morgan fingerprint density at radius 3 is 2.72 bits per heavy atom. The van der Waals surface area contributed by atoms with Crippen molar-refractivity contribution >= 4 is 45.3 Å². The van der Waals surface area contributed by atoms with Crippen LogP contribution in [0.5, 0.6) is 11.6 Å². The summed E-state index contributed by atoms with van der Waals surface area (Å²) in [6, 6.07) is 12.1. The lowest BCUT2D eigenvalue weighted by Gasteiger charge is -2.45. The molecular formula is C33H37N11O2. The summed E-state index contributed by atoms with van der Waals surface area (Å²) in [4.78, 5) is 37.7. The Morgan fingerprint density at radius 1 is 1.07 bits per heavy atom. The highest BCUT2D eigenvalue weighted by Crippen LogP contribution is 2.41. The van der Waals surface area contributed by atoms with Crippen LogP contribution in [0, 0.1) is 6.92 Å². The highest BCUT2D eigenvalue weighted by atomic mass is 16.5. The van der Waals surface area contributed by atoms with Crippen LogP contribution in [0.1, 0.15) is 18.4 Å². The Kier molecular flexibility index (Phi) is 7.93. The van der Waals surface area contributed by atoms with Crippen LogP contribution in [0.25, 0.3) is 16.6 Å². The third kappa shape index (κ3) is 5.94. The molecule has 1 atom stereocenters. The topological polar surface area (TPSA) is 129 Å². The van der Waals surface area contributed by atoms with E-state index in [-0.39, 0.29) is 11.9 Å². The third-order valence-electron chi connectivity index (χ3n) is 8.79. The minimum absolute atomic E-state index is 0.152. The van der Waals surface area contributed by atoms with Crippen molar-refractivity contribution < 1.29 is 9.53 Å². The molecule has 0 saturated carbocycles. The van der Waals surface area contributed by atoms with Gasteiger partial charge in [0, 0.05) is 43.0 Å². The number of carbonyl (C=O) groups is 1. The first kappa shape index (κ1) is 29.6. The molecular weight excluding hydrogens is 582 g/mol. The number of fused-ring (bicyclic) bond motifs is 2. The number of nitrogens with one attached hydrogen (secondary N) is 2. The minimum atomic E-state index is -0.152. The largest absolute Gasteiger partial charge is 0.439 e. The average Bonchev–Trinajstić information content (AvgIpc) is 3.65. The van der Waals surface area contributed by atoms with Crippen molar-refractivity contribution in [3.05, 3.63) is 73.1 Å². The molecule has 2 N–H and O–H groups in total. The molecule has 2 aromatic carbocycles. The van der Waals surface area contributed by atoms with E-state index >= 15 is 0 Å². The Morgan fingerprint density at radius 2 is 1.93 bits per heavy atom. The zero-order valence-corrected chi connectivity index (χ0v) is 26.4. The van der Waals surface area contributed by atoms with Crippen LogP contribution in [0.15, 0.2) is 67.5 Å². The van der Waals surface area contributed by atoms with Gasteiger partial charge < -0.3 is 25.2 Å². The van der Waals surface area contributed by atoms with Gasteiger partial charge in [-0.3, -0.25) is 9.69 Å². The fourth-order valence-electron chi connectivity index (χ4n) is 6.03. The number of ether oxygens (including phenoxy) is 1. The van der Waals surface area contributed by atoms with E-state index in [1.807, 2.05) is 43.3 Å². The second-order valence-electron chi connectivity index (χ2n) is 12.1. The van der Waals surface area contributed by atoms with E-state index in [1.54, 1.807) is 29.3 Å². The van der Waals surface area contributed by atoms with Crippen LogP contribution in [0.4, 0.5) is 22.9 Å². The summed E-state index contributed by atoms with van der Waals surface area (Å²) in [5, 5.41) is 11.6. The van der Waals surface area contributed by atoms with Gasteiger partial charge in [0.25, 0.3) is 0 Å². The van der Waals surface area contributed by atoms with E-state index in [0.29, 0.717) is 29.1 Å². The quantitative estimate of drug-likeness (QED) is 0.230. The van der Waals surface area contributed by atoms with Gasteiger partial charge in [0.2, 0.25) is 11.8 Å². The maximum Gasteiger partial charge on any atom is 0.248 e. The number of rotatable bonds is 9. The first-order valence-electron chi connectivity index (χ1n) is 15.4. The van der Waals surface area contributed by atoms with E-state index in [4.69, 9.17) is 4.74 Å². The predicted octanol–water partition coefficient (Wildman–Crippen LogP) is 4.25. The minimum Gasteiger partial charge on any atom is -0.439 e. The Bertz CT molecular complexity index is 1930. The van der Waals surface area contributed by atoms with Crippen molar-refractivity contribution in [1.82, 2.24) is 39.3 Å². The van der Waals surface area contributed by atoms with Crippen LogP contribution in [-0.4, -0.2) is 98.1 Å². The lowest BCUT2D eigenvalue weighted by atomic mass is 10.0. The van der Waals surface area contributed by atoms with E-state index in [9.17, 15) is 4.79 Å². The van der Waals surface area contributed by atoms with Gasteiger partial charge in [-0.15, -0.1) is 0 Å². The molecule has 7 rings (SSSR count). The van der Waals surface area contributed by atoms with Crippen molar-refractivity contribution in [2.75, 3.05) is 56.3 Å². The highest BCUT2D eigenvalue weighted by molar-refractivity contribution is 6.10. The van der Waals surface area contributed by atoms with Crippen LogP contribution >= 0.6 is 0 Å². The maximum atomic E-state index is 13.2. The number of nitrogens with zero attached hydrogens (tertiary/aromatic N) is 9. The molecule has 13 heteroatoms. The smallest absolute Gasteiger partial charge is 0.248 e. The highest BCUT2D eigenvalue weighted by Gasteiger charge is 2.32. The molecule has 2 fully saturated rings. The lowest BCUT2D eigenvalue weighted by molar-refractivity contribution is -0.111. The monoisotopic (exact) mass is 619 g/mol. The van der Waals surface area contributed by atoms with Crippen LogP contribution in [0.3, 0.4) is 0 Å². The average molecular weight is 620 g/mol. The van der Waals surface area contributed by atoms with Gasteiger partial charge in [0.15, 0.2) is 5.65 Å². The summed E-state index contributed by atoms with van der Waals surface area (Å²) >= 11 is 0. The number of aryl methyl sites for hydroxylation is 1. The molecule has 1 amide bonds. The van der Waals surface area contributed by atoms with Crippen molar-refractivity contribution in [2.45, 2.75) is 31.8 Å². The van der Waals surface area contributed by atoms with Gasteiger partial charge in [-0.1, -0.05) is 6.08 Å². The number of aromatic nitrogens is 6. The number of hydrogen-bond acceptors (Lipinski definition) is 11. The van der Waals surface area contributed by atoms with Gasteiger partial charge in [0.1, 0.15) is 30.5 Å².